The highest BCUT2D eigenvalue weighted by atomic mass is 35.5. The molecule has 0 radical (unpaired) electrons. The normalized spacial score (nSPS) is 19.4. The molecule has 7 nitrogen and oxygen atoms in total. The molecule has 4 amide bonds. The van der Waals surface area contributed by atoms with Gasteiger partial charge >= 0.3 is 6.03 Å². The van der Waals surface area contributed by atoms with Crippen LogP contribution in [-0.4, -0.2) is 59.4 Å². The van der Waals surface area contributed by atoms with E-state index in [9.17, 15) is 14.4 Å². The fraction of sp³-hybridized carbons (Fsp3) is 0.464. The lowest BCUT2D eigenvalue weighted by atomic mass is 9.88. The number of hydrogen-bond donors (Lipinski definition) is 2. The summed E-state index contributed by atoms with van der Waals surface area (Å²) in [5, 5.41) is 6.52. The molecule has 0 bridgehead atoms. The van der Waals surface area contributed by atoms with E-state index in [1.54, 1.807) is 34.1 Å². The Kier molecular flexibility index (Phi) is 8.86. The Morgan fingerprint density at radius 3 is 2.44 bits per heavy atom. The first kappa shape index (κ1) is 26.0. The van der Waals surface area contributed by atoms with Crippen LogP contribution in [0.4, 0.5) is 10.5 Å². The highest BCUT2D eigenvalue weighted by Gasteiger charge is 2.34. The molecule has 0 spiro atoms. The largest absolute Gasteiger partial charge is 0.344 e. The predicted molar refractivity (Wildman–Crippen MR) is 142 cm³/mol. The third-order valence-corrected chi connectivity index (χ3v) is 7.38. The Hall–Kier alpha value is -3.06. The van der Waals surface area contributed by atoms with Gasteiger partial charge in [-0.2, -0.15) is 0 Å². The van der Waals surface area contributed by atoms with Gasteiger partial charge in [-0.15, -0.1) is 0 Å². The van der Waals surface area contributed by atoms with E-state index in [1.807, 2.05) is 37.3 Å². The number of rotatable bonds is 6. The molecule has 2 aliphatic rings. The highest BCUT2D eigenvalue weighted by Crippen LogP contribution is 2.24. The second kappa shape index (κ2) is 12.3. The number of anilines is 1. The van der Waals surface area contributed by atoms with Crippen LogP contribution in [-0.2, 0) is 16.0 Å². The molecule has 2 aromatic carbocycles. The van der Waals surface area contributed by atoms with E-state index in [4.69, 9.17) is 11.6 Å². The van der Waals surface area contributed by atoms with E-state index in [1.165, 1.54) is 6.42 Å². The van der Waals surface area contributed by atoms with E-state index in [-0.39, 0.29) is 29.8 Å². The molecule has 192 valence electrons. The van der Waals surface area contributed by atoms with Crippen LogP contribution in [0.5, 0.6) is 0 Å². The topological polar surface area (TPSA) is 81.8 Å². The summed E-state index contributed by atoms with van der Waals surface area (Å²) in [5.74, 6) is -0.128. The lowest BCUT2D eigenvalue weighted by Crippen LogP contribution is -2.60. The molecule has 1 saturated carbocycles. The van der Waals surface area contributed by atoms with Crippen molar-refractivity contribution in [1.29, 1.82) is 0 Å². The minimum atomic E-state index is -0.624. The van der Waals surface area contributed by atoms with E-state index < -0.39 is 6.04 Å². The molecule has 1 aliphatic heterocycles. The number of nitrogens with zero attached hydrogens (tertiary/aromatic N) is 2. The third-order valence-electron chi connectivity index (χ3n) is 7.15. The van der Waals surface area contributed by atoms with Crippen molar-refractivity contribution in [1.82, 2.24) is 15.1 Å². The first-order valence-corrected chi connectivity index (χ1v) is 13.2. The van der Waals surface area contributed by atoms with Crippen LogP contribution >= 0.6 is 11.6 Å². The summed E-state index contributed by atoms with van der Waals surface area (Å²) in [6, 6.07) is 15.8. The van der Waals surface area contributed by atoms with E-state index in [0.29, 0.717) is 36.8 Å². The summed E-state index contributed by atoms with van der Waals surface area (Å²) >= 11 is 6.03. The molecule has 1 heterocycles. The summed E-state index contributed by atoms with van der Waals surface area (Å²) in [7, 11) is 0. The maximum atomic E-state index is 13.6. The number of carbonyl (C=O) groups excluding carboxylic acids is 3. The molecule has 8 heteroatoms. The van der Waals surface area contributed by atoms with E-state index in [2.05, 4.69) is 10.6 Å². The van der Waals surface area contributed by atoms with Crippen LogP contribution in [0.2, 0.25) is 5.02 Å². The molecule has 4 rings (SSSR count). The standard InChI is InChI=1S/C28H35ClN4O3/c1-20-19-32(15-16-33(20)28(36)30-24-14-8-13-23(29)18-24)27(35)25(17-21-9-4-2-5-10-21)31-26(34)22-11-6-3-7-12-22/h2,4-5,8-10,13-14,18,20,22,25H,3,6-7,11-12,15-17,19H2,1H3,(H,30,36)(H,31,34). The first-order chi connectivity index (χ1) is 17.4. The van der Waals surface area contributed by atoms with Gasteiger partial charge in [-0.05, 0) is 43.5 Å². The van der Waals surface area contributed by atoms with Crippen LogP contribution in [0.25, 0.3) is 0 Å². The van der Waals surface area contributed by atoms with Crippen molar-refractivity contribution in [2.75, 3.05) is 25.0 Å². The minimum absolute atomic E-state index is 0.0171. The van der Waals surface area contributed by atoms with Gasteiger partial charge in [-0.1, -0.05) is 67.3 Å². The molecular weight excluding hydrogens is 476 g/mol. The summed E-state index contributed by atoms with van der Waals surface area (Å²) in [6.45, 7) is 3.17. The lowest BCUT2D eigenvalue weighted by Gasteiger charge is -2.41. The zero-order valence-electron chi connectivity index (χ0n) is 20.8. The van der Waals surface area contributed by atoms with Crippen LogP contribution in [0, 0.1) is 5.92 Å². The van der Waals surface area contributed by atoms with Gasteiger partial charge in [0.15, 0.2) is 0 Å². The second-order valence-electron chi connectivity index (χ2n) is 9.85. The van der Waals surface area contributed by atoms with Crippen LogP contribution in [0.15, 0.2) is 54.6 Å². The van der Waals surface area contributed by atoms with Crippen LogP contribution < -0.4 is 10.6 Å². The van der Waals surface area contributed by atoms with Crippen LogP contribution in [0.3, 0.4) is 0 Å². The van der Waals surface area contributed by atoms with Gasteiger partial charge in [0.1, 0.15) is 6.04 Å². The van der Waals surface area contributed by atoms with Gasteiger partial charge in [0.25, 0.3) is 0 Å². The molecule has 0 aromatic heterocycles. The van der Waals surface area contributed by atoms with Crippen molar-refractivity contribution in [2.24, 2.45) is 5.92 Å². The van der Waals surface area contributed by atoms with Crippen molar-refractivity contribution in [3.8, 4) is 0 Å². The molecule has 1 saturated heterocycles. The third kappa shape index (κ3) is 6.78. The van der Waals surface area contributed by atoms with Gasteiger partial charge in [-0.3, -0.25) is 9.59 Å². The zero-order chi connectivity index (χ0) is 25.5. The van der Waals surface area contributed by atoms with E-state index in [0.717, 1.165) is 31.2 Å². The molecule has 36 heavy (non-hydrogen) atoms. The molecule has 2 N–H and O–H groups in total. The Morgan fingerprint density at radius 2 is 1.75 bits per heavy atom. The van der Waals surface area contributed by atoms with Gasteiger partial charge in [-0.25, -0.2) is 4.79 Å². The van der Waals surface area contributed by atoms with Gasteiger partial charge in [0.05, 0.1) is 0 Å². The Balaban J connectivity index is 1.40. The first-order valence-electron chi connectivity index (χ1n) is 12.9. The summed E-state index contributed by atoms with van der Waals surface area (Å²) in [6.07, 6.45) is 5.51. The zero-order valence-corrected chi connectivity index (χ0v) is 21.5. The average molecular weight is 511 g/mol. The maximum absolute atomic E-state index is 13.6. The highest BCUT2D eigenvalue weighted by molar-refractivity contribution is 6.30. The van der Waals surface area contributed by atoms with Crippen molar-refractivity contribution in [2.45, 2.75) is 57.5 Å². The maximum Gasteiger partial charge on any atom is 0.322 e. The molecule has 1 aliphatic carbocycles. The van der Waals surface area contributed by atoms with Crippen molar-refractivity contribution < 1.29 is 14.4 Å². The monoisotopic (exact) mass is 510 g/mol. The molecule has 2 aromatic rings. The number of piperazine rings is 1. The molecule has 2 fully saturated rings. The molecular formula is C28H35ClN4O3. The number of hydrogen-bond acceptors (Lipinski definition) is 3. The fourth-order valence-electron chi connectivity index (χ4n) is 5.15. The number of halogens is 1. The van der Waals surface area contributed by atoms with Crippen molar-refractivity contribution in [3.05, 3.63) is 65.2 Å². The van der Waals surface area contributed by atoms with Crippen molar-refractivity contribution in [3.63, 3.8) is 0 Å². The number of nitrogens with one attached hydrogen (secondary N) is 2. The quantitative estimate of drug-likeness (QED) is 0.590. The summed E-state index contributed by atoms with van der Waals surface area (Å²) in [4.78, 5) is 43.1. The van der Waals surface area contributed by atoms with Crippen molar-refractivity contribution >= 4 is 35.1 Å². The van der Waals surface area contributed by atoms with Gasteiger partial charge < -0.3 is 20.4 Å². The summed E-state index contributed by atoms with van der Waals surface area (Å²) in [5.41, 5.74) is 1.64. The Labute approximate surface area is 218 Å². The second-order valence-corrected chi connectivity index (χ2v) is 10.3. The minimum Gasteiger partial charge on any atom is -0.344 e. The van der Waals surface area contributed by atoms with Gasteiger partial charge in [0, 0.05) is 48.7 Å². The smallest absolute Gasteiger partial charge is 0.322 e. The molecule has 2 unspecified atom stereocenters. The number of benzene rings is 2. The Bertz CT molecular complexity index is 1060. The predicted octanol–water partition coefficient (Wildman–Crippen LogP) is 4.71. The molecule has 2 atom stereocenters. The van der Waals surface area contributed by atoms with E-state index >= 15 is 0 Å². The lowest BCUT2D eigenvalue weighted by molar-refractivity contribution is -0.139. The number of amides is 4. The average Bonchev–Trinajstić information content (AvgIpc) is 2.89. The number of carbonyl (C=O) groups is 3. The summed E-state index contributed by atoms with van der Waals surface area (Å²) < 4.78 is 0. The SMILES string of the molecule is CC1CN(C(=O)C(Cc2ccccc2)NC(=O)C2CCCCC2)CCN1C(=O)Nc1cccc(Cl)c1. The Morgan fingerprint density at radius 1 is 1.00 bits per heavy atom. The van der Waals surface area contributed by atoms with Gasteiger partial charge in [0.2, 0.25) is 11.8 Å². The fourth-order valence-corrected chi connectivity index (χ4v) is 5.34. The van der Waals surface area contributed by atoms with Crippen LogP contribution in [0.1, 0.15) is 44.6 Å². The number of urea groups is 1.